The van der Waals surface area contributed by atoms with Crippen molar-refractivity contribution in [1.82, 2.24) is 15.2 Å². The Morgan fingerprint density at radius 2 is 2.35 bits per heavy atom. The van der Waals surface area contributed by atoms with Crippen LogP contribution in [0.15, 0.2) is 6.20 Å². The normalized spacial score (nSPS) is 29.1. The molecule has 6 heteroatoms. The van der Waals surface area contributed by atoms with Gasteiger partial charge in [0.2, 0.25) is 5.91 Å². The summed E-state index contributed by atoms with van der Waals surface area (Å²) in [6.07, 6.45) is 4.79. The summed E-state index contributed by atoms with van der Waals surface area (Å²) in [4.78, 5) is 19.2. The number of carbonyl (C=O) groups excluding carboxylic acids is 1. The average molecular weight is 252 g/mol. The maximum atomic E-state index is 11.5. The number of rotatable bonds is 2. The van der Waals surface area contributed by atoms with E-state index in [2.05, 4.69) is 15.2 Å². The van der Waals surface area contributed by atoms with Crippen molar-refractivity contribution < 1.29 is 4.79 Å². The Kier molecular flexibility index (Phi) is 2.76. The van der Waals surface area contributed by atoms with Gasteiger partial charge in [-0.2, -0.15) is 0 Å². The van der Waals surface area contributed by atoms with Crippen molar-refractivity contribution in [2.45, 2.75) is 37.9 Å². The molecule has 3 heterocycles. The molecule has 0 spiro atoms. The van der Waals surface area contributed by atoms with Gasteiger partial charge in [-0.25, -0.2) is 4.98 Å². The number of nitrogens with zero attached hydrogens (tertiary/aromatic N) is 2. The molecule has 0 saturated carbocycles. The number of nitrogens with one attached hydrogen (secondary N) is 1. The zero-order valence-electron chi connectivity index (χ0n) is 9.56. The number of thiazole rings is 1. The van der Waals surface area contributed by atoms with Crippen LogP contribution in [0.25, 0.3) is 0 Å². The smallest absolute Gasteiger partial charge is 0.221 e. The molecule has 17 heavy (non-hydrogen) atoms. The van der Waals surface area contributed by atoms with Gasteiger partial charge in [0.15, 0.2) is 5.13 Å². The van der Waals surface area contributed by atoms with E-state index < -0.39 is 0 Å². The lowest BCUT2D eigenvalue weighted by atomic mass is 10.1. The molecule has 2 saturated heterocycles. The number of amides is 1. The van der Waals surface area contributed by atoms with Crippen molar-refractivity contribution in [3.63, 3.8) is 0 Å². The van der Waals surface area contributed by atoms with Crippen molar-refractivity contribution in [1.29, 1.82) is 0 Å². The number of hydrogen-bond acceptors (Lipinski definition) is 5. The summed E-state index contributed by atoms with van der Waals surface area (Å²) in [7, 11) is 0. The highest BCUT2D eigenvalue weighted by atomic mass is 32.1. The van der Waals surface area contributed by atoms with Crippen LogP contribution in [0.4, 0.5) is 5.13 Å². The van der Waals surface area contributed by atoms with Crippen molar-refractivity contribution in [2.75, 3.05) is 12.3 Å². The number of aromatic nitrogens is 1. The number of anilines is 1. The van der Waals surface area contributed by atoms with Crippen LogP contribution < -0.4 is 11.1 Å². The van der Waals surface area contributed by atoms with E-state index in [0.29, 0.717) is 23.6 Å². The van der Waals surface area contributed by atoms with E-state index in [1.54, 1.807) is 11.3 Å². The quantitative estimate of drug-likeness (QED) is 0.807. The second-order valence-corrected chi connectivity index (χ2v) is 5.88. The van der Waals surface area contributed by atoms with Crippen LogP contribution in [0, 0.1) is 0 Å². The van der Waals surface area contributed by atoms with Crippen LogP contribution in [0.3, 0.4) is 0 Å². The lowest BCUT2D eigenvalue weighted by Gasteiger charge is -2.26. The van der Waals surface area contributed by atoms with E-state index in [9.17, 15) is 4.79 Å². The van der Waals surface area contributed by atoms with Gasteiger partial charge in [0.05, 0.1) is 0 Å². The summed E-state index contributed by atoms with van der Waals surface area (Å²) in [6, 6.07) is 0.876. The molecule has 2 atom stereocenters. The fraction of sp³-hybridized carbons (Fsp3) is 0.636. The van der Waals surface area contributed by atoms with Crippen LogP contribution in [0.5, 0.6) is 0 Å². The fourth-order valence-electron chi connectivity index (χ4n) is 2.80. The van der Waals surface area contributed by atoms with Gasteiger partial charge >= 0.3 is 0 Å². The van der Waals surface area contributed by atoms with Crippen molar-refractivity contribution in [3.8, 4) is 0 Å². The molecule has 2 bridgehead atoms. The SMILES string of the molecule is Nc1ncc(CN2C3CCC2CC(=O)NC3)s1. The third-order valence-corrected chi connectivity index (χ3v) is 4.45. The Labute approximate surface area is 104 Å². The van der Waals surface area contributed by atoms with Gasteiger partial charge in [-0.3, -0.25) is 9.69 Å². The summed E-state index contributed by atoms with van der Waals surface area (Å²) in [6.45, 7) is 1.66. The molecule has 2 aliphatic rings. The van der Waals surface area contributed by atoms with E-state index in [4.69, 9.17) is 5.73 Å². The molecular formula is C11H16N4OS. The van der Waals surface area contributed by atoms with Crippen molar-refractivity contribution in [2.24, 2.45) is 0 Å². The molecule has 3 N–H and O–H groups in total. The predicted octanol–water partition coefficient (Wildman–Crippen LogP) is 0.578. The van der Waals surface area contributed by atoms with Gasteiger partial charge in [0, 0.05) is 42.7 Å². The van der Waals surface area contributed by atoms with E-state index in [1.807, 2.05) is 6.20 Å². The minimum Gasteiger partial charge on any atom is -0.375 e. The molecule has 0 aromatic carbocycles. The summed E-state index contributed by atoms with van der Waals surface area (Å²) in [5, 5.41) is 3.60. The Bertz CT molecular complexity index is 433. The van der Waals surface area contributed by atoms with E-state index >= 15 is 0 Å². The molecule has 1 amide bonds. The molecule has 1 aromatic rings. The Hall–Kier alpha value is -1.14. The fourth-order valence-corrected chi connectivity index (χ4v) is 3.50. The second-order valence-electron chi connectivity index (χ2n) is 4.73. The number of fused-ring (bicyclic) bond motifs is 2. The molecule has 0 radical (unpaired) electrons. The number of hydrogen-bond donors (Lipinski definition) is 2. The molecule has 5 nitrogen and oxygen atoms in total. The van der Waals surface area contributed by atoms with Gasteiger partial charge in [0.25, 0.3) is 0 Å². The first-order valence-electron chi connectivity index (χ1n) is 5.95. The van der Waals surface area contributed by atoms with Crippen LogP contribution in [-0.4, -0.2) is 34.4 Å². The highest BCUT2D eigenvalue weighted by Crippen LogP contribution is 2.31. The largest absolute Gasteiger partial charge is 0.375 e. The van der Waals surface area contributed by atoms with Gasteiger partial charge < -0.3 is 11.1 Å². The first kappa shape index (κ1) is 11.0. The molecule has 2 unspecified atom stereocenters. The van der Waals surface area contributed by atoms with E-state index in [0.717, 1.165) is 19.5 Å². The zero-order valence-corrected chi connectivity index (χ0v) is 10.4. The molecular weight excluding hydrogens is 236 g/mol. The van der Waals surface area contributed by atoms with Gasteiger partial charge in [0.1, 0.15) is 0 Å². The number of carbonyl (C=O) groups is 1. The zero-order chi connectivity index (χ0) is 11.8. The second kappa shape index (κ2) is 4.27. The highest BCUT2D eigenvalue weighted by molar-refractivity contribution is 7.15. The molecule has 92 valence electrons. The first-order chi connectivity index (χ1) is 8.22. The van der Waals surface area contributed by atoms with E-state index in [1.165, 1.54) is 11.3 Å². The minimum absolute atomic E-state index is 0.186. The Balaban J connectivity index is 1.76. The topological polar surface area (TPSA) is 71.2 Å². The van der Waals surface area contributed by atoms with Crippen molar-refractivity contribution in [3.05, 3.63) is 11.1 Å². The highest BCUT2D eigenvalue weighted by Gasteiger charge is 2.37. The minimum atomic E-state index is 0.186. The lowest BCUT2D eigenvalue weighted by molar-refractivity contribution is -0.121. The third-order valence-electron chi connectivity index (χ3n) is 3.64. The van der Waals surface area contributed by atoms with Gasteiger partial charge in [-0.05, 0) is 12.8 Å². The molecule has 3 rings (SSSR count). The molecule has 0 aliphatic carbocycles. The van der Waals surface area contributed by atoms with Crippen LogP contribution >= 0.6 is 11.3 Å². The summed E-state index contributed by atoms with van der Waals surface area (Å²) in [5.41, 5.74) is 5.64. The summed E-state index contributed by atoms with van der Waals surface area (Å²) >= 11 is 1.54. The lowest BCUT2D eigenvalue weighted by Crippen LogP contribution is -2.37. The third kappa shape index (κ3) is 2.14. The standard InChI is InChI=1S/C11H16N4OS/c12-11-14-5-9(17-11)6-15-7-1-2-8(15)4-13-10(16)3-7/h5,7-8H,1-4,6H2,(H2,12,14)(H,13,16). The van der Waals surface area contributed by atoms with E-state index in [-0.39, 0.29) is 5.91 Å². The first-order valence-corrected chi connectivity index (χ1v) is 6.76. The van der Waals surface area contributed by atoms with Crippen LogP contribution in [0.1, 0.15) is 24.1 Å². The molecule has 2 aliphatic heterocycles. The summed E-state index contributed by atoms with van der Waals surface area (Å²) < 4.78 is 0. The molecule has 1 aromatic heterocycles. The van der Waals surface area contributed by atoms with Gasteiger partial charge in [-0.1, -0.05) is 0 Å². The summed E-state index contributed by atoms with van der Waals surface area (Å²) in [5.74, 6) is 0.186. The van der Waals surface area contributed by atoms with Crippen molar-refractivity contribution >= 4 is 22.4 Å². The number of nitrogens with two attached hydrogens (primary N) is 1. The Morgan fingerprint density at radius 1 is 1.53 bits per heavy atom. The number of nitrogen functional groups attached to an aromatic ring is 1. The maximum absolute atomic E-state index is 11.5. The van der Waals surface area contributed by atoms with Crippen LogP contribution in [0.2, 0.25) is 0 Å². The van der Waals surface area contributed by atoms with Gasteiger partial charge in [-0.15, -0.1) is 11.3 Å². The average Bonchev–Trinajstić information content (AvgIpc) is 2.79. The maximum Gasteiger partial charge on any atom is 0.221 e. The Morgan fingerprint density at radius 3 is 3.12 bits per heavy atom. The molecule has 2 fully saturated rings. The monoisotopic (exact) mass is 252 g/mol. The predicted molar refractivity (Wildman–Crippen MR) is 66.5 cm³/mol. The van der Waals surface area contributed by atoms with Crippen LogP contribution in [-0.2, 0) is 11.3 Å².